The zero-order valence-electron chi connectivity index (χ0n) is 8.23. The number of benzene rings is 1. The number of ether oxygens (including phenoxy) is 2. The predicted octanol–water partition coefficient (Wildman–Crippen LogP) is 4.32. The van der Waals surface area contributed by atoms with Crippen LogP contribution in [0.1, 0.15) is 12.5 Å². The van der Waals surface area contributed by atoms with Gasteiger partial charge in [0.2, 0.25) is 0 Å². The molecule has 84 valence electrons. The average Bonchev–Trinajstić information content (AvgIpc) is 2.22. The molecule has 0 atom stereocenters. The highest BCUT2D eigenvalue weighted by Crippen LogP contribution is 2.35. The normalized spacial score (nSPS) is 10.4. The Kier molecular flexibility index (Phi) is 5.97. The molecule has 0 N–H and O–H groups in total. The fourth-order valence-electron chi connectivity index (χ4n) is 1.01. The van der Waals surface area contributed by atoms with Crippen LogP contribution in [-0.4, -0.2) is 13.4 Å². The van der Waals surface area contributed by atoms with E-state index in [4.69, 9.17) is 21.1 Å². The SMILES string of the molecule is CCOCOc1c(Br)cc(CCl)cc1Br. The summed E-state index contributed by atoms with van der Waals surface area (Å²) >= 11 is 12.6. The smallest absolute Gasteiger partial charge is 0.189 e. The predicted molar refractivity (Wildman–Crippen MR) is 68.5 cm³/mol. The van der Waals surface area contributed by atoms with Gasteiger partial charge in [-0.1, -0.05) is 0 Å². The van der Waals surface area contributed by atoms with Crippen LogP contribution in [-0.2, 0) is 10.6 Å². The number of hydrogen-bond donors (Lipinski definition) is 0. The van der Waals surface area contributed by atoms with Gasteiger partial charge in [-0.05, 0) is 56.5 Å². The van der Waals surface area contributed by atoms with Crippen molar-refractivity contribution in [3.8, 4) is 5.75 Å². The van der Waals surface area contributed by atoms with Crippen molar-refractivity contribution in [1.82, 2.24) is 0 Å². The van der Waals surface area contributed by atoms with E-state index in [2.05, 4.69) is 31.9 Å². The molecule has 5 heteroatoms. The quantitative estimate of drug-likeness (QED) is 0.443. The minimum Gasteiger partial charge on any atom is -0.465 e. The molecule has 0 spiro atoms. The zero-order chi connectivity index (χ0) is 11.3. The largest absolute Gasteiger partial charge is 0.465 e. The lowest BCUT2D eigenvalue weighted by Crippen LogP contribution is -2.03. The van der Waals surface area contributed by atoms with E-state index in [9.17, 15) is 0 Å². The van der Waals surface area contributed by atoms with Gasteiger partial charge in [0, 0.05) is 12.5 Å². The molecule has 0 unspecified atom stereocenters. The Morgan fingerprint density at radius 2 is 1.87 bits per heavy atom. The summed E-state index contributed by atoms with van der Waals surface area (Å²) < 4.78 is 12.3. The molecule has 0 aromatic heterocycles. The highest BCUT2D eigenvalue weighted by Gasteiger charge is 2.08. The van der Waals surface area contributed by atoms with Crippen molar-refractivity contribution in [1.29, 1.82) is 0 Å². The van der Waals surface area contributed by atoms with Crippen molar-refractivity contribution in [2.45, 2.75) is 12.8 Å². The van der Waals surface area contributed by atoms with Crippen LogP contribution in [0.2, 0.25) is 0 Å². The summed E-state index contributed by atoms with van der Waals surface area (Å²) in [5.74, 6) is 1.21. The van der Waals surface area contributed by atoms with E-state index in [-0.39, 0.29) is 6.79 Å². The third kappa shape index (κ3) is 3.94. The van der Waals surface area contributed by atoms with Crippen molar-refractivity contribution in [2.24, 2.45) is 0 Å². The molecule has 0 heterocycles. The third-order valence-corrected chi connectivity index (χ3v) is 3.19. The fraction of sp³-hybridized carbons (Fsp3) is 0.400. The Morgan fingerprint density at radius 3 is 2.33 bits per heavy atom. The Hall–Kier alpha value is 0.230. The van der Waals surface area contributed by atoms with E-state index in [0.717, 1.165) is 20.3 Å². The van der Waals surface area contributed by atoms with Gasteiger partial charge in [0.1, 0.15) is 0 Å². The molecule has 1 rings (SSSR count). The topological polar surface area (TPSA) is 18.5 Å². The number of halogens is 3. The van der Waals surface area contributed by atoms with Gasteiger partial charge in [-0.15, -0.1) is 11.6 Å². The standard InChI is InChI=1S/C10H11Br2ClO2/c1-2-14-6-15-10-8(11)3-7(5-13)4-9(10)12/h3-4H,2,5-6H2,1H3. The summed E-state index contributed by atoms with van der Waals surface area (Å²) in [5.41, 5.74) is 1.03. The maximum atomic E-state index is 5.74. The lowest BCUT2D eigenvalue weighted by atomic mass is 10.2. The number of rotatable bonds is 5. The Labute approximate surface area is 111 Å². The molecule has 0 fully saturated rings. The molecule has 0 radical (unpaired) electrons. The summed E-state index contributed by atoms with van der Waals surface area (Å²) in [7, 11) is 0. The van der Waals surface area contributed by atoms with Gasteiger partial charge in [0.15, 0.2) is 12.5 Å². The molecule has 0 aliphatic carbocycles. The summed E-state index contributed by atoms with van der Waals surface area (Å²) in [6, 6.07) is 3.86. The first-order valence-corrected chi connectivity index (χ1v) is 6.55. The Balaban J connectivity index is 2.79. The zero-order valence-corrected chi connectivity index (χ0v) is 12.2. The van der Waals surface area contributed by atoms with Gasteiger partial charge in [-0.3, -0.25) is 0 Å². The summed E-state index contributed by atoms with van der Waals surface area (Å²) in [6.07, 6.45) is 0. The second-order valence-corrected chi connectivity index (χ2v) is 4.75. The Bertz CT molecular complexity index is 308. The van der Waals surface area contributed by atoms with Gasteiger partial charge < -0.3 is 9.47 Å². The van der Waals surface area contributed by atoms with Crippen LogP contribution in [0, 0.1) is 0 Å². The van der Waals surface area contributed by atoms with E-state index in [1.165, 1.54) is 0 Å². The third-order valence-electron chi connectivity index (χ3n) is 1.70. The molecule has 0 saturated carbocycles. The second-order valence-electron chi connectivity index (χ2n) is 2.78. The summed E-state index contributed by atoms with van der Waals surface area (Å²) in [4.78, 5) is 0. The molecule has 15 heavy (non-hydrogen) atoms. The lowest BCUT2D eigenvalue weighted by Gasteiger charge is -2.11. The van der Waals surface area contributed by atoms with Crippen molar-refractivity contribution >= 4 is 43.5 Å². The van der Waals surface area contributed by atoms with E-state index in [1.807, 2.05) is 19.1 Å². The maximum Gasteiger partial charge on any atom is 0.189 e. The Morgan fingerprint density at radius 1 is 1.27 bits per heavy atom. The first kappa shape index (κ1) is 13.3. The molecule has 0 saturated heterocycles. The van der Waals surface area contributed by atoms with Crippen LogP contribution >= 0.6 is 43.5 Å². The number of hydrogen-bond acceptors (Lipinski definition) is 2. The summed E-state index contributed by atoms with van der Waals surface area (Å²) in [6.45, 7) is 2.80. The minimum absolute atomic E-state index is 0.244. The lowest BCUT2D eigenvalue weighted by molar-refractivity contribution is 0.0215. The van der Waals surface area contributed by atoms with Crippen molar-refractivity contribution in [2.75, 3.05) is 13.4 Å². The van der Waals surface area contributed by atoms with Gasteiger partial charge >= 0.3 is 0 Å². The summed E-state index contributed by atoms with van der Waals surface area (Å²) in [5, 5.41) is 0. The van der Waals surface area contributed by atoms with Crippen LogP contribution in [0.5, 0.6) is 5.75 Å². The monoisotopic (exact) mass is 356 g/mol. The molecule has 1 aromatic rings. The van der Waals surface area contributed by atoms with Crippen LogP contribution in [0.15, 0.2) is 21.1 Å². The fourth-order valence-corrected chi connectivity index (χ4v) is 2.68. The van der Waals surface area contributed by atoms with E-state index < -0.39 is 0 Å². The molecule has 0 aliphatic rings. The van der Waals surface area contributed by atoms with Crippen LogP contribution in [0.3, 0.4) is 0 Å². The van der Waals surface area contributed by atoms with Crippen molar-refractivity contribution in [3.05, 3.63) is 26.6 Å². The highest BCUT2D eigenvalue weighted by atomic mass is 79.9. The van der Waals surface area contributed by atoms with Gasteiger partial charge in [0.05, 0.1) is 8.95 Å². The molecule has 0 amide bonds. The average molecular weight is 358 g/mol. The van der Waals surface area contributed by atoms with E-state index in [0.29, 0.717) is 12.5 Å². The molecule has 1 aromatic carbocycles. The first-order chi connectivity index (χ1) is 7.19. The highest BCUT2D eigenvalue weighted by molar-refractivity contribution is 9.11. The minimum atomic E-state index is 0.244. The van der Waals surface area contributed by atoms with Crippen LogP contribution in [0.25, 0.3) is 0 Å². The molecule has 0 aliphatic heterocycles. The first-order valence-electron chi connectivity index (χ1n) is 4.43. The van der Waals surface area contributed by atoms with Crippen molar-refractivity contribution < 1.29 is 9.47 Å². The molecular weight excluding hydrogens is 347 g/mol. The maximum absolute atomic E-state index is 5.74. The van der Waals surface area contributed by atoms with Gasteiger partial charge in [-0.2, -0.15) is 0 Å². The molecular formula is C10H11Br2ClO2. The van der Waals surface area contributed by atoms with Gasteiger partial charge in [0.25, 0.3) is 0 Å². The van der Waals surface area contributed by atoms with E-state index in [1.54, 1.807) is 0 Å². The molecule has 0 bridgehead atoms. The van der Waals surface area contributed by atoms with Crippen LogP contribution in [0.4, 0.5) is 0 Å². The van der Waals surface area contributed by atoms with Crippen LogP contribution < -0.4 is 4.74 Å². The second kappa shape index (κ2) is 6.74. The van der Waals surface area contributed by atoms with E-state index >= 15 is 0 Å². The van der Waals surface area contributed by atoms with Gasteiger partial charge in [-0.25, -0.2) is 0 Å². The molecule has 2 nitrogen and oxygen atoms in total. The van der Waals surface area contributed by atoms with Crippen molar-refractivity contribution in [3.63, 3.8) is 0 Å². The number of alkyl halides is 1.